The summed E-state index contributed by atoms with van der Waals surface area (Å²) in [5.74, 6) is 0. The van der Waals surface area contributed by atoms with Crippen molar-refractivity contribution in [2.75, 3.05) is 5.73 Å². The molecule has 0 radical (unpaired) electrons. The maximum atomic E-state index is 11.3. The van der Waals surface area contributed by atoms with Crippen LogP contribution in [-0.4, -0.2) is 28.6 Å². The molecule has 10 heteroatoms. The van der Waals surface area contributed by atoms with Crippen molar-refractivity contribution in [1.29, 1.82) is 0 Å². The van der Waals surface area contributed by atoms with E-state index in [1.807, 2.05) is 0 Å². The highest BCUT2D eigenvalue weighted by atomic mass is 32.2. The molecule has 2 aromatic rings. The highest BCUT2D eigenvalue weighted by Crippen LogP contribution is 2.38. The molecule has 1 aromatic carbocycles. The second-order valence-corrected chi connectivity index (χ2v) is 7.05. The van der Waals surface area contributed by atoms with Gasteiger partial charge in [-0.3, -0.25) is 0 Å². The molecule has 4 N–H and O–H groups in total. The zero-order chi connectivity index (χ0) is 14.3. The second kappa shape index (κ2) is 4.72. The van der Waals surface area contributed by atoms with Crippen molar-refractivity contribution in [3.05, 3.63) is 18.2 Å². The third kappa shape index (κ3) is 2.62. The van der Waals surface area contributed by atoms with Gasteiger partial charge in [0.15, 0.2) is 0 Å². The van der Waals surface area contributed by atoms with Gasteiger partial charge < -0.3 is 5.73 Å². The highest BCUT2D eigenvalue weighted by molar-refractivity contribution is 7.99. The van der Waals surface area contributed by atoms with Crippen molar-refractivity contribution >= 4 is 27.5 Å². The molecule has 1 aromatic heterocycles. The summed E-state index contributed by atoms with van der Waals surface area (Å²) >= 11 is 1.33. The Kier molecular flexibility index (Phi) is 3.15. The minimum Gasteiger partial charge on any atom is -0.398 e. The van der Waals surface area contributed by atoms with E-state index < -0.39 is 10.0 Å². The number of nitrogens with two attached hydrogens (primary N) is 2. The minimum atomic E-state index is -3.80. The number of aromatic nitrogens is 4. The van der Waals surface area contributed by atoms with Gasteiger partial charge in [-0.15, -0.1) is 5.10 Å². The number of anilines is 1. The topological polar surface area (TPSA) is 130 Å². The second-order valence-electron chi connectivity index (χ2n) is 4.48. The molecule has 1 saturated carbocycles. The molecule has 106 valence electrons. The number of tetrazole rings is 1. The summed E-state index contributed by atoms with van der Waals surface area (Å²) in [6, 6.07) is 4.94. The molecule has 0 bridgehead atoms. The lowest BCUT2D eigenvalue weighted by Gasteiger charge is -2.06. The Morgan fingerprint density at radius 1 is 1.35 bits per heavy atom. The summed E-state index contributed by atoms with van der Waals surface area (Å²) in [7, 11) is -3.80. The normalized spacial score (nSPS) is 15.4. The molecule has 0 amide bonds. The van der Waals surface area contributed by atoms with E-state index in [1.165, 1.54) is 17.8 Å². The van der Waals surface area contributed by atoms with Gasteiger partial charge in [-0.05, 0) is 53.2 Å². The molecule has 1 heterocycles. The molecule has 1 fully saturated rings. The summed E-state index contributed by atoms with van der Waals surface area (Å²) in [5.41, 5.74) is 5.83. The quantitative estimate of drug-likeness (QED) is 0.781. The van der Waals surface area contributed by atoms with Gasteiger partial charge in [-0.25, -0.2) is 18.2 Å². The van der Waals surface area contributed by atoms with Crippen LogP contribution in [0.25, 0.3) is 0 Å². The van der Waals surface area contributed by atoms with Crippen LogP contribution in [0.5, 0.6) is 0 Å². The van der Waals surface area contributed by atoms with Crippen molar-refractivity contribution in [3.63, 3.8) is 0 Å². The van der Waals surface area contributed by atoms with Gasteiger partial charge in [-0.1, -0.05) is 0 Å². The van der Waals surface area contributed by atoms with Crippen LogP contribution in [0.4, 0.5) is 5.69 Å². The van der Waals surface area contributed by atoms with Crippen LogP contribution in [0, 0.1) is 0 Å². The first-order valence-corrected chi connectivity index (χ1v) is 8.19. The Bertz CT molecular complexity index is 753. The van der Waals surface area contributed by atoms with Gasteiger partial charge >= 0.3 is 0 Å². The SMILES string of the molecule is Nc1cc(Sc2nnnn2C2CC2)ccc1S(N)(=O)=O. The van der Waals surface area contributed by atoms with Crippen LogP contribution in [0.2, 0.25) is 0 Å². The number of benzene rings is 1. The van der Waals surface area contributed by atoms with Crippen molar-refractivity contribution in [2.45, 2.75) is 33.8 Å². The third-order valence-corrected chi connectivity index (χ3v) is 4.78. The van der Waals surface area contributed by atoms with Crippen molar-refractivity contribution in [2.24, 2.45) is 5.14 Å². The molecule has 0 saturated heterocycles. The number of hydrogen-bond acceptors (Lipinski definition) is 7. The zero-order valence-electron chi connectivity index (χ0n) is 10.3. The predicted octanol–water partition coefficient (Wildman–Crippen LogP) is 0.389. The Hall–Kier alpha value is -1.65. The number of rotatable bonds is 4. The molecule has 0 atom stereocenters. The maximum absolute atomic E-state index is 11.3. The Morgan fingerprint density at radius 2 is 2.10 bits per heavy atom. The fourth-order valence-corrected chi connectivity index (χ4v) is 3.29. The van der Waals surface area contributed by atoms with E-state index in [0.29, 0.717) is 11.2 Å². The molecule has 1 aliphatic carbocycles. The van der Waals surface area contributed by atoms with Crippen LogP contribution in [0.1, 0.15) is 18.9 Å². The van der Waals surface area contributed by atoms with Crippen molar-refractivity contribution in [1.82, 2.24) is 20.2 Å². The first-order valence-electron chi connectivity index (χ1n) is 5.83. The monoisotopic (exact) mass is 312 g/mol. The standard InChI is InChI=1S/C10H12N6O2S2/c11-8-5-7(3-4-9(8)20(12,17)18)19-10-13-14-15-16(10)6-1-2-6/h3-6H,1-2,11H2,(H2,12,17,18). The third-order valence-electron chi connectivity index (χ3n) is 2.85. The van der Waals surface area contributed by atoms with Crippen molar-refractivity contribution < 1.29 is 8.42 Å². The number of hydrogen-bond donors (Lipinski definition) is 2. The fourth-order valence-electron chi connectivity index (χ4n) is 1.76. The summed E-state index contributed by atoms with van der Waals surface area (Å²) in [6.07, 6.45) is 2.15. The average Bonchev–Trinajstić information content (AvgIpc) is 3.09. The number of sulfonamides is 1. The van der Waals surface area contributed by atoms with Gasteiger partial charge in [0.05, 0.1) is 11.7 Å². The molecule has 0 aliphatic heterocycles. The Morgan fingerprint density at radius 3 is 2.70 bits per heavy atom. The number of primary sulfonamides is 1. The fraction of sp³-hybridized carbons (Fsp3) is 0.300. The van der Waals surface area contributed by atoms with Crippen LogP contribution in [0.3, 0.4) is 0 Å². The molecule has 1 aliphatic rings. The summed E-state index contributed by atoms with van der Waals surface area (Å²) < 4.78 is 24.3. The zero-order valence-corrected chi connectivity index (χ0v) is 11.9. The Balaban J connectivity index is 1.88. The van der Waals surface area contributed by atoms with Gasteiger partial charge in [0.25, 0.3) is 0 Å². The molecule has 8 nitrogen and oxygen atoms in total. The summed E-state index contributed by atoms with van der Waals surface area (Å²) in [5, 5.41) is 17.3. The minimum absolute atomic E-state index is 0.0800. The van der Waals surface area contributed by atoms with E-state index >= 15 is 0 Å². The molecular weight excluding hydrogens is 300 g/mol. The summed E-state index contributed by atoms with van der Waals surface area (Å²) in [6.45, 7) is 0. The molecule has 20 heavy (non-hydrogen) atoms. The van der Waals surface area contributed by atoms with E-state index in [-0.39, 0.29) is 10.6 Å². The summed E-state index contributed by atoms with van der Waals surface area (Å²) in [4.78, 5) is 0.676. The molecule has 3 rings (SSSR count). The van der Waals surface area contributed by atoms with E-state index in [0.717, 1.165) is 17.7 Å². The highest BCUT2D eigenvalue weighted by Gasteiger charge is 2.28. The lowest BCUT2D eigenvalue weighted by molar-refractivity contribution is 0.565. The van der Waals surface area contributed by atoms with Crippen LogP contribution in [0.15, 0.2) is 33.1 Å². The van der Waals surface area contributed by atoms with Crippen LogP contribution < -0.4 is 10.9 Å². The van der Waals surface area contributed by atoms with Gasteiger partial charge in [-0.2, -0.15) is 0 Å². The van der Waals surface area contributed by atoms with Crippen LogP contribution >= 0.6 is 11.8 Å². The van der Waals surface area contributed by atoms with E-state index in [9.17, 15) is 8.42 Å². The van der Waals surface area contributed by atoms with E-state index in [1.54, 1.807) is 16.8 Å². The molecule has 0 spiro atoms. The lowest BCUT2D eigenvalue weighted by Crippen LogP contribution is -2.14. The first-order chi connectivity index (χ1) is 9.45. The van der Waals surface area contributed by atoms with E-state index in [4.69, 9.17) is 10.9 Å². The number of nitrogens with zero attached hydrogens (tertiary/aromatic N) is 4. The smallest absolute Gasteiger partial charge is 0.240 e. The maximum Gasteiger partial charge on any atom is 0.240 e. The average molecular weight is 312 g/mol. The van der Waals surface area contributed by atoms with Gasteiger partial charge in [0.1, 0.15) is 4.90 Å². The first kappa shape index (κ1) is 13.3. The van der Waals surface area contributed by atoms with E-state index in [2.05, 4.69) is 15.5 Å². The largest absolute Gasteiger partial charge is 0.398 e. The van der Waals surface area contributed by atoms with Crippen LogP contribution in [-0.2, 0) is 10.0 Å². The molecular formula is C10H12N6O2S2. The van der Waals surface area contributed by atoms with Gasteiger partial charge in [0, 0.05) is 4.90 Å². The number of nitrogen functional groups attached to an aromatic ring is 1. The van der Waals surface area contributed by atoms with Crippen molar-refractivity contribution in [3.8, 4) is 0 Å². The Labute approximate surface area is 119 Å². The lowest BCUT2D eigenvalue weighted by atomic mass is 10.3. The predicted molar refractivity (Wildman–Crippen MR) is 72.4 cm³/mol. The molecule has 0 unspecified atom stereocenters. The van der Waals surface area contributed by atoms with Gasteiger partial charge in [0.2, 0.25) is 15.2 Å².